The fourth-order valence-corrected chi connectivity index (χ4v) is 3.82. The summed E-state index contributed by atoms with van der Waals surface area (Å²) in [4.78, 5) is 11.6. The van der Waals surface area contributed by atoms with Crippen molar-refractivity contribution < 1.29 is 18.7 Å². The standard InChI is InChI=1S/C22H19N3O4S/c1-27-18-11-7-6-10-17(18)20-23-24-22(25(20)15-8-4-3-5-9-15)30-14-16-12-13-19(29-16)21(26)28-2/h3-13H,14H2,1-2H3. The molecule has 7 nitrogen and oxygen atoms in total. The molecule has 0 N–H and O–H groups in total. The predicted octanol–water partition coefficient (Wildman–Crippen LogP) is 4.61. The number of esters is 1. The third-order valence-corrected chi connectivity index (χ3v) is 5.34. The van der Waals surface area contributed by atoms with Crippen molar-refractivity contribution in [3.63, 3.8) is 0 Å². The summed E-state index contributed by atoms with van der Waals surface area (Å²) in [5, 5.41) is 9.54. The van der Waals surface area contributed by atoms with E-state index < -0.39 is 5.97 Å². The summed E-state index contributed by atoms with van der Waals surface area (Å²) in [6.07, 6.45) is 0. The van der Waals surface area contributed by atoms with E-state index in [0.717, 1.165) is 11.3 Å². The summed E-state index contributed by atoms with van der Waals surface area (Å²) in [6, 6.07) is 20.9. The van der Waals surface area contributed by atoms with E-state index in [1.54, 1.807) is 19.2 Å². The number of methoxy groups -OCH3 is 2. The van der Waals surface area contributed by atoms with Gasteiger partial charge < -0.3 is 13.9 Å². The van der Waals surface area contributed by atoms with E-state index in [9.17, 15) is 4.79 Å². The Morgan fingerprint density at radius 1 is 1.00 bits per heavy atom. The molecule has 0 amide bonds. The maximum atomic E-state index is 11.6. The van der Waals surface area contributed by atoms with Crippen LogP contribution in [-0.2, 0) is 10.5 Å². The molecular weight excluding hydrogens is 402 g/mol. The van der Waals surface area contributed by atoms with Crippen LogP contribution in [0.2, 0.25) is 0 Å². The fourth-order valence-electron chi connectivity index (χ4n) is 2.98. The molecule has 152 valence electrons. The minimum absolute atomic E-state index is 0.173. The lowest BCUT2D eigenvalue weighted by molar-refractivity contribution is 0.0563. The lowest BCUT2D eigenvalue weighted by Crippen LogP contribution is -2.00. The van der Waals surface area contributed by atoms with Crippen molar-refractivity contribution in [2.75, 3.05) is 14.2 Å². The van der Waals surface area contributed by atoms with Gasteiger partial charge in [-0.2, -0.15) is 0 Å². The van der Waals surface area contributed by atoms with E-state index in [0.29, 0.717) is 28.2 Å². The zero-order chi connectivity index (χ0) is 20.9. The van der Waals surface area contributed by atoms with Gasteiger partial charge in [0.1, 0.15) is 11.5 Å². The number of thioether (sulfide) groups is 1. The summed E-state index contributed by atoms with van der Waals surface area (Å²) in [7, 11) is 2.95. The predicted molar refractivity (Wildman–Crippen MR) is 113 cm³/mol. The number of rotatable bonds is 7. The Hall–Kier alpha value is -3.52. The Labute approximate surface area is 177 Å². The zero-order valence-corrected chi connectivity index (χ0v) is 17.3. The molecule has 0 fully saturated rings. The number of furan rings is 1. The van der Waals surface area contributed by atoms with Crippen molar-refractivity contribution in [1.82, 2.24) is 14.8 Å². The van der Waals surface area contributed by atoms with Gasteiger partial charge in [-0.05, 0) is 36.4 Å². The summed E-state index contributed by atoms with van der Waals surface area (Å²) in [6.45, 7) is 0. The number of benzene rings is 2. The Kier molecular flexibility index (Phi) is 5.85. The number of carbonyl (C=O) groups is 1. The minimum atomic E-state index is -0.503. The van der Waals surface area contributed by atoms with Crippen molar-refractivity contribution in [3.05, 3.63) is 78.3 Å². The van der Waals surface area contributed by atoms with Gasteiger partial charge in [0.25, 0.3) is 0 Å². The minimum Gasteiger partial charge on any atom is -0.496 e. The molecule has 0 aliphatic heterocycles. The highest BCUT2D eigenvalue weighted by Crippen LogP contribution is 2.34. The molecule has 0 spiro atoms. The largest absolute Gasteiger partial charge is 0.496 e. The van der Waals surface area contributed by atoms with Gasteiger partial charge in [-0.15, -0.1) is 10.2 Å². The first-order valence-corrected chi connectivity index (χ1v) is 10.1. The van der Waals surface area contributed by atoms with Crippen molar-refractivity contribution in [1.29, 1.82) is 0 Å². The first kappa shape index (κ1) is 19.8. The van der Waals surface area contributed by atoms with Crippen molar-refractivity contribution in [3.8, 4) is 22.8 Å². The molecule has 0 atom stereocenters. The lowest BCUT2D eigenvalue weighted by atomic mass is 10.2. The lowest BCUT2D eigenvalue weighted by Gasteiger charge is -2.12. The molecule has 0 saturated heterocycles. The third kappa shape index (κ3) is 3.95. The van der Waals surface area contributed by atoms with Gasteiger partial charge in [0, 0.05) is 5.69 Å². The molecule has 0 aliphatic rings. The van der Waals surface area contributed by atoms with Crippen LogP contribution in [0.25, 0.3) is 17.1 Å². The highest BCUT2D eigenvalue weighted by Gasteiger charge is 2.19. The van der Waals surface area contributed by atoms with Gasteiger partial charge in [-0.3, -0.25) is 4.57 Å². The quantitative estimate of drug-likeness (QED) is 0.318. The van der Waals surface area contributed by atoms with E-state index in [1.165, 1.54) is 18.9 Å². The van der Waals surface area contributed by atoms with Crippen LogP contribution in [0.3, 0.4) is 0 Å². The van der Waals surface area contributed by atoms with E-state index in [4.69, 9.17) is 9.15 Å². The number of hydrogen-bond donors (Lipinski definition) is 0. The van der Waals surface area contributed by atoms with E-state index in [-0.39, 0.29) is 5.76 Å². The number of nitrogens with zero attached hydrogens (tertiary/aromatic N) is 3. The summed E-state index contributed by atoms with van der Waals surface area (Å²) < 4.78 is 17.7. The van der Waals surface area contributed by atoms with Crippen LogP contribution in [0, 0.1) is 0 Å². The molecule has 4 rings (SSSR count). The van der Waals surface area contributed by atoms with Crippen LogP contribution >= 0.6 is 11.8 Å². The normalized spacial score (nSPS) is 10.7. The second-order valence-corrected chi connectivity index (χ2v) is 7.17. The van der Waals surface area contributed by atoms with E-state index in [1.807, 2.05) is 59.2 Å². The van der Waals surface area contributed by atoms with Gasteiger partial charge in [-0.1, -0.05) is 42.1 Å². The average molecular weight is 421 g/mol. The number of carbonyl (C=O) groups excluding carboxylic acids is 1. The fraction of sp³-hybridized carbons (Fsp3) is 0.136. The van der Waals surface area contributed by atoms with Gasteiger partial charge in [0.2, 0.25) is 5.76 Å². The molecule has 0 aliphatic carbocycles. The molecule has 4 aromatic rings. The topological polar surface area (TPSA) is 79.4 Å². The molecule has 0 bridgehead atoms. The SMILES string of the molecule is COC(=O)c1ccc(CSc2nnc(-c3ccccc3OC)n2-c2ccccc2)o1. The highest BCUT2D eigenvalue weighted by molar-refractivity contribution is 7.98. The van der Waals surface area contributed by atoms with Gasteiger partial charge in [0.05, 0.1) is 25.5 Å². The van der Waals surface area contributed by atoms with Gasteiger partial charge >= 0.3 is 5.97 Å². The van der Waals surface area contributed by atoms with E-state index in [2.05, 4.69) is 14.9 Å². The number of hydrogen-bond acceptors (Lipinski definition) is 7. The molecule has 2 heterocycles. The third-order valence-electron chi connectivity index (χ3n) is 4.39. The van der Waals surface area contributed by atoms with Gasteiger partial charge in [0.15, 0.2) is 11.0 Å². The molecule has 8 heteroatoms. The summed E-state index contributed by atoms with van der Waals surface area (Å²) in [5.74, 6) is 2.18. The van der Waals surface area contributed by atoms with Crippen molar-refractivity contribution in [2.45, 2.75) is 10.9 Å². The van der Waals surface area contributed by atoms with Crippen LogP contribution in [0.15, 0.2) is 76.3 Å². The molecule has 0 saturated carbocycles. The molecule has 30 heavy (non-hydrogen) atoms. The number of aromatic nitrogens is 3. The molecular formula is C22H19N3O4S. The van der Waals surface area contributed by atoms with Crippen LogP contribution in [-0.4, -0.2) is 35.0 Å². The smallest absolute Gasteiger partial charge is 0.373 e. The maximum Gasteiger partial charge on any atom is 0.373 e. The highest BCUT2D eigenvalue weighted by atomic mass is 32.2. The summed E-state index contributed by atoms with van der Waals surface area (Å²) in [5.41, 5.74) is 1.77. The Morgan fingerprint density at radius 3 is 2.53 bits per heavy atom. The van der Waals surface area contributed by atoms with Crippen LogP contribution in [0.1, 0.15) is 16.3 Å². The van der Waals surface area contributed by atoms with Crippen LogP contribution < -0.4 is 4.74 Å². The van der Waals surface area contributed by atoms with E-state index >= 15 is 0 Å². The molecule has 0 unspecified atom stereocenters. The first-order chi connectivity index (χ1) is 14.7. The molecule has 2 aromatic heterocycles. The molecule has 0 radical (unpaired) electrons. The Balaban J connectivity index is 1.69. The first-order valence-electron chi connectivity index (χ1n) is 9.15. The Morgan fingerprint density at radius 2 is 1.77 bits per heavy atom. The monoisotopic (exact) mass is 421 g/mol. The second-order valence-electron chi connectivity index (χ2n) is 6.22. The Bertz CT molecular complexity index is 1150. The maximum absolute atomic E-state index is 11.6. The van der Waals surface area contributed by atoms with Crippen LogP contribution in [0.5, 0.6) is 5.75 Å². The number of para-hydroxylation sites is 2. The van der Waals surface area contributed by atoms with Crippen molar-refractivity contribution >= 4 is 17.7 Å². The average Bonchev–Trinajstić information content (AvgIpc) is 3.45. The number of ether oxygens (including phenoxy) is 2. The van der Waals surface area contributed by atoms with Crippen LogP contribution in [0.4, 0.5) is 0 Å². The second kappa shape index (κ2) is 8.87. The molecule has 2 aromatic carbocycles. The van der Waals surface area contributed by atoms with Gasteiger partial charge in [-0.25, -0.2) is 4.79 Å². The summed E-state index contributed by atoms with van der Waals surface area (Å²) >= 11 is 1.46. The van der Waals surface area contributed by atoms with Crippen molar-refractivity contribution in [2.24, 2.45) is 0 Å². The zero-order valence-electron chi connectivity index (χ0n) is 16.4.